The first-order chi connectivity index (χ1) is 9.70. The number of aromatic nitrogens is 2. The average Bonchev–Trinajstić information content (AvgIpc) is 2.93. The number of thioether (sulfide) groups is 2. The van der Waals surface area contributed by atoms with Crippen molar-refractivity contribution in [2.24, 2.45) is 5.73 Å². The minimum absolute atomic E-state index is 0.234. The molecule has 1 atom stereocenters. The quantitative estimate of drug-likeness (QED) is 0.792. The molecule has 0 saturated heterocycles. The van der Waals surface area contributed by atoms with E-state index in [2.05, 4.69) is 10.1 Å². The molecule has 2 aromatic rings. The van der Waals surface area contributed by atoms with Crippen LogP contribution in [0.15, 0.2) is 33.7 Å². The van der Waals surface area contributed by atoms with E-state index in [4.69, 9.17) is 10.3 Å². The molecule has 0 aliphatic rings. The van der Waals surface area contributed by atoms with E-state index in [0.29, 0.717) is 22.4 Å². The molecule has 1 aromatic heterocycles. The standard InChI is InChI=1S/C13H16FN3OS2/c1-19-7-6-10(15)13-16-12(17-18-13)8-20-11-5-3-2-4-9(11)14/h2-5,10H,6-8,15H2,1H3/t10-/m0/s1. The van der Waals surface area contributed by atoms with E-state index < -0.39 is 0 Å². The van der Waals surface area contributed by atoms with E-state index >= 15 is 0 Å². The summed E-state index contributed by atoms with van der Waals surface area (Å²) in [6.07, 6.45) is 2.82. The lowest BCUT2D eigenvalue weighted by atomic mass is 10.2. The van der Waals surface area contributed by atoms with Crippen molar-refractivity contribution in [1.82, 2.24) is 10.1 Å². The van der Waals surface area contributed by atoms with Crippen molar-refractivity contribution in [1.29, 1.82) is 0 Å². The van der Waals surface area contributed by atoms with Gasteiger partial charge >= 0.3 is 0 Å². The Morgan fingerprint density at radius 3 is 2.95 bits per heavy atom. The minimum atomic E-state index is -0.238. The topological polar surface area (TPSA) is 64.9 Å². The summed E-state index contributed by atoms with van der Waals surface area (Å²) in [7, 11) is 0. The molecule has 7 heteroatoms. The van der Waals surface area contributed by atoms with Gasteiger partial charge in [0.15, 0.2) is 5.82 Å². The Morgan fingerprint density at radius 2 is 2.20 bits per heavy atom. The molecule has 0 spiro atoms. The molecule has 0 bridgehead atoms. The lowest BCUT2D eigenvalue weighted by Crippen LogP contribution is -2.11. The molecule has 0 fully saturated rings. The van der Waals surface area contributed by atoms with Crippen molar-refractivity contribution in [3.8, 4) is 0 Å². The maximum atomic E-state index is 13.5. The summed E-state index contributed by atoms with van der Waals surface area (Å²) < 4.78 is 18.6. The van der Waals surface area contributed by atoms with Crippen molar-refractivity contribution in [2.45, 2.75) is 23.1 Å². The van der Waals surface area contributed by atoms with Crippen LogP contribution in [0.5, 0.6) is 0 Å². The Bertz CT molecular complexity index is 550. The molecule has 2 rings (SSSR count). The molecule has 0 radical (unpaired) electrons. The third kappa shape index (κ3) is 4.22. The van der Waals surface area contributed by atoms with Gasteiger partial charge in [-0.05, 0) is 30.6 Å². The minimum Gasteiger partial charge on any atom is -0.338 e. The van der Waals surface area contributed by atoms with Gasteiger partial charge in [0.25, 0.3) is 0 Å². The molecule has 20 heavy (non-hydrogen) atoms. The van der Waals surface area contributed by atoms with Crippen LogP contribution in [0.2, 0.25) is 0 Å². The van der Waals surface area contributed by atoms with E-state index in [1.54, 1.807) is 30.0 Å². The highest BCUT2D eigenvalue weighted by Crippen LogP contribution is 2.24. The van der Waals surface area contributed by atoms with Gasteiger partial charge in [0.1, 0.15) is 5.82 Å². The van der Waals surface area contributed by atoms with Crippen LogP contribution in [0.1, 0.15) is 24.2 Å². The van der Waals surface area contributed by atoms with E-state index in [9.17, 15) is 4.39 Å². The van der Waals surface area contributed by atoms with Crippen LogP contribution in [0.25, 0.3) is 0 Å². The van der Waals surface area contributed by atoms with Gasteiger partial charge in [0.05, 0.1) is 11.8 Å². The molecular weight excluding hydrogens is 297 g/mol. The number of benzene rings is 1. The van der Waals surface area contributed by atoms with Crippen molar-refractivity contribution in [3.05, 3.63) is 41.8 Å². The van der Waals surface area contributed by atoms with Gasteiger partial charge < -0.3 is 10.3 Å². The van der Waals surface area contributed by atoms with Crippen molar-refractivity contribution >= 4 is 23.5 Å². The predicted octanol–water partition coefficient (Wildman–Crippen LogP) is 3.25. The van der Waals surface area contributed by atoms with Crippen LogP contribution in [-0.4, -0.2) is 22.1 Å². The summed E-state index contributed by atoms with van der Waals surface area (Å²) >= 11 is 3.06. The van der Waals surface area contributed by atoms with Gasteiger partial charge in [-0.15, -0.1) is 11.8 Å². The zero-order chi connectivity index (χ0) is 14.4. The Labute approximate surface area is 125 Å². The highest BCUT2D eigenvalue weighted by atomic mass is 32.2. The number of rotatable bonds is 7. The lowest BCUT2D eigenvalue weighted by molar-refractivity contribution is 0.350. The maximum absolute atomic E-state index is 13.5. The summed E-state index contributed by atoms with van der Waals surface area (Å²) in [5.41, 5.74) is 5.95. The predicted molar refractivity (Wildman–Crippen MR) is 80.2 cm³/mol. The molecule has 0 saturated carbocycles. The van der Waals surface area contributed by atoms with E-state index in [-0.39, 0.29) is 11.9 Å². The first-order valence-electron chi connectivity index (χ1n) is 6.15. The van der Waals surface area contributed by atoms with E-state index in [1.807, 2.05) is 6.26 Å². The largest absolute Gasteiger partial charge is 0.338 e. The molecule has 0 amide bonds. The van der Waals surface area contributed by atoms with Gasteiger partial charge in [-0.3, -0.25) is 0 Å². The van der Waals surface area contributed by atoms with E-state index in [0.717, 1.165) is 12.2 Å². The molecule has 1 heterocycles. The molecule has 1 aromatic carbocycles. The fourth-order valence-electron chi connectivity index (χ4n) is 1.55. The second kappa shape index (κ2) is 7.66. The Hall–Kier alpha value is -1.05. The highest BCUT2D eigenvalue weighted by Gasteiger charge is 2.14. The molecule has 0 aliphatic carbocycles. The van der Waals surface area contributed by atoms with Gasteiger partial charge in [-0.2, -0.15) is 16.7 Å². The van der Waals surface area contributed by atoms with Crippen LogP contribution in [-0.2, 0) is 5.75 Å². The monoisotopic (exact) mass is 313 g/mol. The maximum Gasteiger partial charge on any atom is 0.243 e. The summed E-state index contributed by atoms with van der Waals surface area (Å²) in [6, 6.07) is 6.39. The fourth-order valence-corrected chi connectivity index (χ4v) is 2.82. The van der Waals surface area contributed by atoms with Crippen molar-refractivity contribution in [3.63, 3.8) is 0 Å². The number of halogens is 1. The number of hydrogen-bond acceptors (Lipinski definition) is 6. The number of nitrogens with two attached hydrogens (primary N) is 1. The third-order valence-corrected chi connectivity index (χ3v) is 4.32. The molecule has 2 N–H and O–H groups in total. The Morgan fingerprint density at radius 1 is 1.40 bits per heavy atom. The van der Waals surface area contributed by atoms with Crippen LogP contribution in [0, 0.1) is 5.82 Å². The van der Waals surface area contributed by atoms with Gasteiger partial charge in [-0.25, -0.2) is 4.39 Å². The van der Waals surface area contributed by atoms with Gasteiger partial charge in [0.2, 0.25) is 5.89 Å². The third-order valence-electron chi connectivity index (χ3n) is 2.63. The summed E-state index contributed by atoms with van der Waals surface area (Å²) in [6.45, 7) is 0. The first kappa shape index (κ1) is 15.3. The number of nitrogens with zero attached hydrogens (tertiary/aromatic N) is 2. The average molecular weight is 313 g/mol. The molecule has 0 aliphatic heterocycles. The van der Waals surface area contributed by atoms with Crippen LogP contribution in [0.3, 0.4) is 0 Å². The molecule has 0 unspecified atom stereocenters. The van der Waals surface area contributed by atoms with Crippen LogP contribution < -0.4 is 5.73 Å². The SMILES string of the molecule is CSCC[C@H](N)c1nc(CSc2ccccc2F)no1. The Balaban J connectivity index is 1.91. The van der Waals surface area contributed by atoms with E-state index in [1.165, 1.54) is 17.8 Å². The zero-order valence-electron chi connectivity index (χ0n) is 11.1. The van der Waals surface area contributed by atoms with Crippen molar-refractivity contribution in [2.75, 3.05) is 12.0 Å². The zero-order valence-corrected chi connectivity index (χ0v) is 12.7. The van der Waals surface area contributed by atoms with Crippen LogP contribution in [0.4, 0.5) is 4.39 Å². The number of hydrogen-bond donors (Lipinski definition) is 1. The molecular formula is C13H16FN3OS2. The first-order valence-corrected chi connectivity index (χ1v) is 8.53. The normalized spacial score (nSPS) is 12.6. The van der Waals surface area contributed by atoms with Crippen molar-refractivity contribution < 1.29 is 8.91 Å². The van der Waals surface area contributed by atoms with Gasteiger partial charge in [0, 0.05) is 4.90 Å². The second-order valence-corrected chi connectivity index (χ2v) is 6.16. The van der Waals surface area contributed by atoms with Crippen LogP contribution >= 0.6 is 23.5 Å². The lowest BCUT2D eigenvalue weighted by Gasteiger charge is -2.03. The fraction of sp³-hybridized carbons (Fsp3) is 0.385. The van der Waals surface area contributed by atoms with Gasteiger partial charge in [-0.1, -0.05) is 17.3 Å². The Kier molecular flexibility index (Phi) is 5.87. The summed E-state index contributed by atoms with van der Waals surface area (Å²) in [5, 5.41) is 3.87. The molecule has 4 nitrogen and oxygen atoms in total. The molecule has 108 valence electrons. The highest BCUT2D eigenvalue weighted by molar-refractivity contribution is 7.98. The summed E-state index contributed by atoms with van der Waals surface area (Å²) in [5.74, 6) is 2.15. The second-order valence-electron chi connectivity index (χ2n) is 4.16. The smallest absolute Gasteiger partial charge is 0.243 e. The summed E-state index contributed by atoms with van der Waals surface area (Å²) in [4.78, 5) is 4.83.